The van der Waals surface area contributed by atoms with Crippen LogP contribution in [0.15, 0.2) is 0 Å². The van der Waals surface area contributed by atoms with Crippen LogP contribution in [0.4, 0.5) is 0 Å². The second-order valence-corrected chi connectivity index (χ2v) is 6.91. The van der Waals surface area contributed by atoms with Crippen LogP contribution in [0, 0.1) is 22.7 Å². The van der Waals surface area contributed by atoms with Gasteiger partial charge in [-0.05, 0) is 42.4 Å². The first kappa shape index (κ1) is 12.9. The van der Waals surface area contributed by atoms with Gasteiger partial charge in [0.2, 0.25) is 0 Å². The van der Waals surface area contributed by atoms with E-state index in [0.29, 0.717) is 11.3 Å². The minimum Gasteiger partial charge on any atom is -0.469 e. The molecular weight excluding hydrogens is 212 g/mol. The molecule has 2 aliphatic carbocycles. The van der Waals surface area contributed by atoms with Crippen molar-refractivity contribution in [2.75, 3.05) is 7.11 Å². The van der Waals surface area contributed by atoms with Crippen LogP contribution in [0.2, 0.25) is 0 Å². The van der Waals surface area contributed by atoms with Gasteiger partial charge in [0.1, 0.15) is 0 Å². The molecule has 0 aromatic heterocycles. The van der Waals surface area contributed by atoms with Crippen LogP contribution in [-0.4, -0.2) is 13.1 Å². The highest BCUT2D eigenvalue weighted by atomic mass is 16.5. The Kier molecular flexibility index (Phi) is 3.26. The van der Waals surface area contributed by atoms with Gasteiger partial charge in [0.15, 0.2) is 0 Å². The number of esters is 1. The molecule has 0 aromatic carbocycles. The van der Waals surface area contributed by atoms with E-state index in [1.54, 1.807) is 0 Å². The number of carbonyl (C=O) groups is 1. The quantitative estimate of drug-likeness (QED) is 0.650. The Balaban J connectivity index is 2.30. The van der Waals surface area contributed by atoms with E-state index < -0.39 is 0 Å². The van der Waals surface area contributed by atoms with Crippen molar-refractivity contribution in [3.63, 3.8) is 0 Å². The number of rotatable bonds is 1. The third-order valence-electron chi connectivity index (χ3n) is 5.54. The summed E-state index contributed by atoms with van der Waals surface area (Å²) in [4.78, 5) is 12.0. The number of methoxy groups -OCH3 is 1. The summed E-state index contributed by atoms with van der Waals surface area (Å²) in [6, 6.07) is 0. The molecule has 0 heterocycles. The highest BCUT2D eigenvalue weighted by molar-refractivity contribution is 5.73. The predicted molar refractivity (Wildman–Crippen MR) is 68.6 cm³/mol. The van der Waals surface area contributed by atoms with Crippen molar-refractivity contribution < 1.29 is 9.53 Å². The minimum absolute atomic E-state index is 0.0231. The Hall–Kier alpha value is -0.530. The normalized spacial score (nSPS) is 40.5. The number of hydrogen-bond donors (Lipinski definition) is 0. The van der Waals surface area contributed by atoms with Crippen LogP contribution in [0.1, 0.15) is 59.3 Å². The van der Waals surface area contributed by atoms with Gasteiger partial charge >= 0.3 is 5.97 Å². The summed E-state index contributed by atoms with van der Waals surface area (Å²) in [5, 5.41) is 0. The summed E-state index contributed by atoms with van der Waals surface area (Å²) in [7, 11) is 1.53. The second-order valence-electron chi connectivity index (χ2n) is 6.91. The van der Waals surface area contributed by atoms with Crippen molar-refractivity contribution in [1.82, 2.24) is 0 Å². The van der Waals surface area contributed by atoms with E-state index in [2.05, 4.69) is 20.8 Å². The zero-order valence-electron chi connectivity index (χ0n) is 11.7. The molecule has 3 unspecified atom stereocenters. The molecule has 0 N–H and O–H groups in total. The molecule has 0 aromatic rings. The maximum atomic E-state index is 12.0. The van der Waals surface area contributed by atoms with Gasteiger partial charge < -0.3 is 4.74 Å². The Labute approximate surface area is 105 Å². The Bertz CT molecular complexity index is 308. The van der Waals surface area contributed by atoms with E-state index in [-0.39, 0.29) is 17.3 Å². The lowest BCUT2D eigenvalue weighted by Gasteiger charge is -2.56. The molecule has 0 bridgehead atoms. The lowest BCUT2D eigenvalue weighted by atomic mass is 9.48. The van der Waals surface area contributed by atoms with E-state index in [0.717, 1.165) is 6.42 Å². The second kappa shape index (κ2) is 4.29. The third kappa shape index (κ3) is 2.00. The van der Waals surface area contributed by atoms with E-state index in [1.807, 2.05) is 0 Å². The van der Waals surface area contributed by atoms with Gasteiger partial charge in [0.25, 0.3) is 0 Å². The Morgan fingerprint density at radius 1 is 1.12 bits per heavy atom. The highest BCUT2D eigenvalue weighted by Crippen LogP contribution is 2.59. The van der Waals surface area contributed by atoms with E-state index in [1.165, 1.54) is 39.2 Å². The number of carbonyl (C=O) groups excluding carboxylic acids is 1. The molecule has 0 aliphatic heterocycles. The summed E-state index contributed by atoms with van der Waals surface area (Å²) in [6.45, 7) is 7.10. The molecule has 2 saturated carbocycles. The summed E-state index contributed by atoms with van der Waals surface area (Å²) in [5.74, 6) is 0.835. The van der Waals surface area contributed by atoms with Crippen molar-refractivity contribution in [3.05, 3.63) is 0 Å². The summed E-state index contributed by atoms with van der Waals surface area (Å²) < 4.78 is 5.03. The van der Waals surface area contributed by atoms with Gasteiger partial charge in [0, 0.05) is 0 Å². The average Bonchev–Trinajstić information content (AvgIpc) is 2.26. The molecule has 3 atom stereocenters. The molecular formula is C15H26O2. The molecule has 0 amide bonds. The molecule has 0 saturated heterocycles. The van der Waals surface area contributed by atoms with Gasteiger partial charge in [-0.2, -0.15) is 0 Å². The lowest BCUT2D eigenvalue weighted by molar-refractivity contribution is -0.161. The van der Waals surface area contributed by atoms with Crippen LogP contribution >= 0.6 is 0 Å². The Morgan fingerprint density at radius 2 is 1.82 bits per heavy atom. The maximum Gasteiger partial charge on any atom is 0.309 e. The van der Waals surface area contributed by atoms with Gasteiger partial charge in [-0.1, -0.05) is 33.6 Å². The van der Waals surface area contributed by atoms with Crippen LogP contribution in [0.5, 0.6) is 0 Å². The van der Waals surface area contributed by atoms with Crippen LogP contribution in [-0.2, 0) is 9.53 Å². The van der Waals surface area contributed by atoms with E-state index in [4.69, 9.17) is 4.74 Å². The average molecular weight is 238 g/mol. The maximum absolute atomic E-state index is 12.0. The topological polar surface area (TPSA) is 26.3 Å². The zero-order chi connectivity index (χ0) is 12.7. The molecule has 2 heteroatoms. The number of hydrogen-bond acceptors (Lipinski definition) is 2. The first-order chi connectivity index (χ1) is 7.92. The monoisotopic (exact) mass is 238 g/mol. The number of ether oxygens (including phenoxy) is 1. The van der Waals surface area contributed by atoms with Crippen molar-refractivity contribution in [2.45, 2.75) is 59.3 Å². The predicted octanol–water partition coefficient (Wildman–Crippen LogP) is 3.79. The van der Waals surface area contributed by atoms with Gasteiger partial charge in [-0.25, -0.2) is 0 Å². The molecule has 2 rings (SSSR count). The van der Waals surface area contributed by atoms with Crippen LogP contribution < -0.4 is 0 Å². The van der Waals surface area contributed by atoms with Crippen molar-refractivity contribution in [3.8, 4) is 0 Å². The van der Waals surface area contributed by atoms with Gasteiger partial charge in [-0.15, -0.1) is 0 Å². The number of fused-ring (bicyclic) bond motifs is 1. The molecule has 17 heavy (non-hydrogen) atoms. The van der Waals surface area contributed by atoms with Gasteiger partial charge in [0.05, 0.1) is 13.0 Å². The van der Waals surface area contributed by atoms with E-state index >= 15 is 0 Å². The standard InChI is InChI=1S/C15H26O2/c1-14(2)9-6-10-15(3)11(13(16)17-4)7-5-8-12(14)15/h11-12H,5-10H2,1-4H3. The zero-order valence-corrected chi connectivity index (χ0v) is 11.7. The molecule has 0 spiro atoms. The highest BCUT2D eigenvalue weighted by Gasteiger charge is 2.54. The van der Waals surface area contributed by atoms with Crippen LogP contribution in [0.25, 0.3) is 0 Å². The van der Waals surface area contributed by atoms with E-state index in [9.17, 15) is 4.79 Å². The molecule has 0 radical (unpaired) electrons. The van der Waals surface area contributed by atoms with Crippen molar-refractivity contribution in [2.24, 2.45) is 22.7 Å². The fourth-order valence-corrected chi connectivity index (χ4v) is 4.69. The first-order valence-electron chi connectivity index (χ1n) is 6.99. The lowest BCUT2D eigenvalue weighted by Crippen LogP contribution is -2.51. The SMILES string of the molecule is COC(=O)C1CCCC2C(C)(C)CCCC12C. The smallest absolute Gasteiger partial charge is 0.309 e. The third-order valence-corrected chi connectivity index (χ3v) is 5.54. The van der Waals surface area contributed by atoms with Crippen LogP contribution in [0.3, 0.4) is 0 Å². The molecule has 2 aliphatic rings. The molecule has 98 valence electrons. The summed E-state index contributed by atoms with van der Waals surface area (Å²) >= 11 is 0. The van der Waals surface area contributed by atoms with Crippen molar-refractivity contribution in [1.29, 1.82) is 0 Å². The minimum atomic E-state index is 0.0231. The first-order valence-corrected chi connectivity index (χ1v) is 6.99. The Morgan fingerprint density at radius 3 is 2.47 bits per heavy atom. The van der Waals surface area contributed by atoms with Gasteiger partial charge in [-0.3, -0.25) is 4.79 Å². The summed E-state index contributed by atoms with van der Waals surface area (Å²) in [5.41, 5.74) is 0.562. The molecule has 2 fully saturated rings. The molecule has 2 nitrogen and oxygen atoms in total. The fraction of sp³-hybridized carbons (Fsp3) is 0.933. The van der Waals surface area contributed by atoms with Crippen molar-refractivity contribution >= 4 is 5.97 Å². The largest absolute Gasteiger partial charge is 0.469 e. The summed E-state index contributed by atoms with van der Waals surface area (Å²) in [6.07, 6.45) is 7.26. The fourth-order valence-electron chi connectivity index (χ4n) is 4.69.